The molecule has 1 aromatic rings. The van der Waals surface area contributed by atoms with E-state index in [1.807, 2.05) is 0 Å². The molecule has 1 unspecified atom stereocenters. The summed E-state index contributed by atoms with van der Waals surface area (Å²) in [5, 5.41) is 0. The van der Waals surface area contributed by atoms with Gasteiger partial charge in [0, 0.05) is 0 Å². The summed E-state index contributed by atoms with van der Waals surface area (Å²) >= 11 is 4.73. The van der Waals surface area contributed by atoms with Gasteiger partial charge in [-0.25, -0.2) is 4.39 Å². The molecule has 0 aliphatic rings. The third-order valence-electron chi connectivity index (χ3n) is 2.18. The fourth-order valence-corrected chi connectivity index (χ4v) is 1.54. The zero-order valence-corrected chi connectivity index (χ0v) is 10.1. The van der Waals surface area contributed by atoms with Crippen LogP contribution in [0.3, 0.4) is 0 Å². The molecule has 0 saturated heterocycles. The van der Waals surface area contributed by atoms with Gasteiger partial charge in [-0.15, -0.1) is 0 Å². The number of hydrogen-bond acceptors (Lipinski definition) is 3. The highest BCUT2D eigenvalue weighted by Crippen LogP contribution is 2.23. The Labute approximate surface area is 104 Å². The van der Waals surface area contributed by atoms with Gasteiger partial charge in [-0.1, -0.05) is 25.2 Å². The number of carbonyl (C=O) groups excluding carboxylic acids is 1. The van der Waals surface area contributed by atoms with Crippen LogP contribution >= 0.6 is 12.2 Å². The smallest absolute Gasteiger partial charge is 0.258 e. The Bertz CT molecular complexity index is 451. The van der Waals surface area contributed by atoms with Gasteiger partial charge in [0.15, 0.2) is 6.10 Å². The summed E-state index contributed by atoms with van der Waals surface area (Å²) in [6, 6.07) is 4.15. The first kappa shape index (κ1) is 13.4. The SMILES string of the molecule is CCC(Oc1cccc(F)c1C(N)=S)C(N)=O. The molecule has 0 fully saturated rings. The van der Waals surface area contributed by atoms with Crippen LogP contribution in [0.25, 0.3) is 0 Å². The lowest BCUT2D eigenvalue weighted by Gasteiger charge is -2.16. The Morgan fingerprint density at radius 3 is 2.65 bits per heavy atom. The maximum atomic E-state index is 13.5. The minimum absolute atomic E-state index is 0.0119. The number of amides is 1. The molecule has 1 amide bonds. The summed E-state index contributed by atoms with van der Waals surface area (Å²) < 4.78 is 18.8. The molecule has 6 heteroatoms. The number of thiocarbonyl (C=S) groups is 1. The van der Waals surface area contributed by atoms with Gasteiger partial charge in [0.05, 0.1) is 5.56 Å². The molecule has 1 atom stereocenters. The van der Waals surface area contributed by atoms with E-state index in [0.29, 0.717) is 6.42 Å². The first-order valence-electron chi connectivity index (χ1n) is 5.01. The maximum Gasteiger partial charge on any atom is 0.258 e. The van der Waals surface area contributed by atoms with Crippen molar-refractivity contribution in [1.29, 1.82) is 0 Å². The molecule has 0 aliphatic heterocycles. The fraction of sp³-hybridized carbons (Fsp3) is 0.273. The van der Waals surface area contributed by atoms with E-state index in [1.54, 1.807) is 6.92 Å². The second kappa shape index (κ2) is 5.58. The van der Waals surface area contributed by atoms with Crippen molar-refractivity contribution in [2.24, 2.45) is 11.5 Å². The van der Waals surface area contributed by atoms with Crippen LogP contribution in [0.4, 0.5) is 4.39 Å². The normalized spacial score (nSPS) is 11.9. The molecular weight excluding hydrogens is 243 g/mol. The predicted octanol–water partition coefficient (Wildman–Crippen LogP) is 1.10. The van der Waals surface area contributed by atoms with Crippen molar-refractivity contribution in [1.82, 2.24) is 0 Å². The Kier molecular flexibility index (Phi) is 4.39. The lowest BCUT2D eigenvalue weighted by atomic mass is 10.1. The summed E-state index contributed by atoms with van der Waals surface area (Å²) in [6.45, 7) is 1.73. The molecule has 4 nitrogen and oxygen atoms in total. The Balaban J connectivity index is 3.10. The monoisotopic (exact) mass is 256 g/mol. The molecule has 4 N–H and O–H groups in total. The van der Waals surface area contributed by atoms with Crippen LogP contribution in [0.5, 0.6) is 5.75 Å². The standard InChI is InChI=1S/C11H13FN2O2S/c1-2-7(10(13)15)16-8-5-3-4-6(12)9(8)11(14)17/h3-5,7H,2H2,1H3,(H2,13,15)(H2,14,17). The number of benzene rings is 1. The van der Waals surface area contributed by atoms with E-state index < -0.39 is 17.8 Å². The molecular formula is C11H13FN2O2S. The number of nitrogens with two attached hydrogens (primary N) is 2. The highest BCUT2D eigenvalue weighted by atomic mass is 32.1. The van der Waals surface area contributed by atoms with Crippen LogP contribution in [0, 0.1) is 5.82 Å². The molecule has 17 heavy (non-hydrogen) atoms. The van der Waals surface area contributed by atoms with Gasteiger partial charge in [-0.05, 0) is 18.6 Å². The van der Waals surface area contributed by atoms with Crippen LogP contribution in [0.2, 0.25) is 0 Å². The topological polar surface area (TPSA) is 78.3 Å². The van der Waals surface area contributed by atoms with E-state index in [-0.39, 0.29) is 16.3 Å². The van der Waals surface area contributed by atoms with Gasteiger partial charge in [0.1, 0.15) is 16.6 Å². The van der Waals surface area contributed by atoms with Crippen LogP contribution in [-0.4, -0.2) is 17.0 Å². The zero-order valence-electron chi connectivity index (χ0n) is 9.27. The lowest BCUT2D eigenvalue weighted by molar-refractivity contribution is -0.124. The fourth-order valence-electron chi connectivity index (χ4n) is 1.34. The number of rotatable bonds is 5. The minimum Gasteiger partial charge on any atom is -0.480 e. The molecule has 1 aromatic carbocycles. The van der Waals surface area contributed by atoms with Crippen molar-refractivity contribution in [3.8, 4) is 5.75 Å². The Morgan fingerprint density at radius 1 is 1.53 bits per heavy atom. The van der Waals surface area contributed by atoms with E-state index >= 15 is 0 Å². The van der Waals surface area contributed by atoms with Crippen molar-refractivity contribution in [3.05, 3.63) is 29.6 Å². The van der Waals surface area contributed by atoms with Crippen LogP contribution in [-0.2, 0) is 4.79 Å². The summed E-state index contributed by atoms with van der Waals surface area (Å²) in [5.74, 6) is -1.08. The highest BCUT2D eigenvalue weighted by Gasteiger charge is 2.19. The van der Waals surface area contributed by atoms with Gasteiger partial charge in [0.2, 0.25) is 0 Å². The number of carbonyl (C=O) groups is 1. The number of hydrogen-bond donors (Lipinski definition) is 2. The molecule has 1 rings (SSSR count). The van der Waals surface area contributed by atoms with Crippen molar-refractivity contribution >= 4 is 23.1 Å². The van der Waals surface area contributed by atoms with E-state index in [2.05, 4.69) is 0 Å². The minimum atomic E-state index is -0.829. The molecule has 0 aliphatic carbocycles. The summed E-state index contributed by atoms with van der Waals surface area (Å²) in [4.78, 5) is 10.9. The maximum absolute atomic E-state index is 13.5. The molecule has 0 spiro atoms. The van der Waals surface area contributed by atoms with Crippen LogP contribution in [0.15, 0.2) is 18.2 Å². The van der Waals surface area contributed by atoms with Crippen molar-refractivity contribution in [2.75, 3.05) is 0 Å². The third kappa shape index (κ3) is 3.13. The van der Waals surface area contributed by atoms with Crippen molar-refractivity contribution in [2.45, 2.75) is 19.4 Å². The average Bonchev–Trinajstić information content (AvgIpc) is 2.24. The highest BCUT2D eigenvalue weighted by molar-refractivity contribution is 7.80. The van der Waals surface area contributed by atoms with Gasteiger partial charge < -0.3 is 16.2 Å². The number of primary amides is 1. The Morgan fingerprint density at radius 2 is 2.18 bits per heavy atom. The first-order valence-corrected chi connectivity index (χ1v) is 5.42. The molecule has 0 saturated carbocycles. The van der Waals surface area contributed by atoms with Gasteiger partial charge in [-0.2, -0.15) is 0 Å². The van der Waals surface area contributed by atoms with E-state index in [1.165, 1.54) is 18.2 Å². The molecule has 0 aromatic heterocycles. The van der Waals surface area contributed by atoms with Gasteiger partial charge in [-0.3, -0.25) is 4.79 Å². The molecule has 0 radical (unpaired) electrons. The zero-order chi connectivity index (χ0) is 13.0. The van der Waals surface area contributed by atoms with E-state index in [4.69, 9.17) is 28.4 Å². The largest absolute Gasteiger partial charge is 0.480 e. The van der Waals surface area contributed by atoms with Crippen LogP contribution in [0.1, 0.15) is 18.9 Å². The number of halogens is 1. The average molecular weight is 256 g/mol. The summed E-state index contributed by atoms with van der Waals surface area (Å²) in [6.07, 6.45) is -0.451. The van der Waals surface area contributed by atoms with E-state index in [0.717, 1.165) is 0 Å². The number of ether oxygens (including phenoxy) is 1. The molecule has 0 heterocycles. The summed E-state index contributed by atoms with van der Waals surface area (Å²) in [5.41, 5.74) is 10.5. The van der Waals surface area contributed by atoms with Gasteiger partial charge >= 0.3 is 0 Å². The molecule has 0 bridgehead atoms. The summed E-state index contributed by atoms with van der Waals surface area (Å²) in [7, 11) is 0. The quantitative estimate of drug-likeness (QED) is 0.773. The third-order valence-corrected chi connectivity index (χ3v) is 2.38. The van der Waals surface area contributed by atoms with Crippen molar-refractivity contribution in [3.63, 3.8) is 0 Å². The lowest BCUT2D eigenvalue weighted by Crippen LogP contribution is -2.33. The van der Waals surface area contributed by atoms with Crippen molar-refractivity contribution < 1.29 is 13.9 Å². The van der Waals surface area contributed by atoms with Gasteiger partial charge in [0.25, 0.3) is 5.91 Å². The first-order chi connectivity index (χ1) is 7.97. The van der Waals surface area contributed by atoms with E-state index in [9.17, 15) is 9.18 Å². The Hall–Kier alpha value is -1.69. The second-order valence-electron chi connectivity index (χ2n) is 3.39. The van der Waals surface area contributed by atoms with Crippen LogP contribution < -0.4 is 16.2 Å². The predicted molar refractivity (Wildman–Crippen MR) is 66.2 cm³/mol. The second-order valence-corrected chi connectivity index (χ2v) is 3.83. The molecule has 92 valence electrons.